The summed E-state index contributed by atoms with van der Waals surface area (Å²) in [5.41, 5.74) is 11.1. The average Bonchev–Trinajstić information content (AvgIpc) is 4.04. The first-order valence-corrected chi connectivity index (χ1v) is 24.2. The van der Waals surface area contributed by atoms with E-state index in [1.807, 2.05) is 70.5 Å². The number of aryl methyl sites for hydroxylation is 14. The van der Waals surface area contributed by atoms with Crippen LogP contribution in [0.25, 0.3) is 29.6 Å². The van der Waals surface area contributed by atoms with Crippen molar-refractivity contribution in [2.75, 3.05) is 14.1 Å². The van der Waals surface area contributed by atoms with Crippen molar-refractivity contribution >= 4 is 109 Å². The van der Waals surface area contributed by atoms with Crippen LogP contribution < -0.4 is 0 Å². The third kappa shape index (κ3) is 9.00. The summed E-state index contributed by atoms with van der Waals surface area (Å²) in [6, 6.07) is 6.88. The lowest BCUT2D eigenvalue weighted by molar-refractivity contribution is -0.123. The third-order valence-corrected chi connectivity index (χ3v) is 18.3. The number of aromatic nitrogens is 1. The molecule has 0 saturated heterocycles. The van der Waals surface area contributed by atoms with Crippen LogP contribution in [0.3, 0.4) is 0 Å². The molecule has 0 radical (unpaired) electrons. The Bertz CT molecular complexity index is 2490. The molecule has 0 aliphatic carbocycles. The molecule has 0 bridgehead atoms. The van der Waals surface area contributed by atoms with Gasteiger partial charge in [0.05, 0.1) is 21.8 Å². The molecule has 0 N–H and O–H groups in total. The molecule has 2 amide bonds. The van der Waals surface area contributed by atoms with Crippen molar-refractivity contribution in [3.63, 3.8) is 0 Å². The molecular weight excluding hydrogens is 831 g/mol. The summed E-state index contributed by atoms with van der Waals surface area (Å²) >= 11 is 11.3. The monoisotopic (exact) mass is 887 g/mol. The molecule has 2 aliphatic heterocycles. The molecule has 2 aliphatic rings. The van der Waals surface area contributed by atoms with E-state index in [1.54, 1.807) is 39.3 Å². The number of nitrogens with zero attached hydrogens (tertiary/aromatic N) is 3. The highest BCUT2D eigenvalue weighted by Gasteiger charge is 2.42. The molecule has 58 heavy (non-hydrogen) atoms. The van der Waals surface area contributed by atoms with Gasteiger partial charge in [0.1, 0.15) is 0 Å². The van der Waals surface area contributed by atoms with E-state index in [-0.39, 0.29) is 11.8 Å². The summed E-state index contributed by atoms with van der Waals surface area (Å²) in [4.78, 5) is 40.7. The van der Waals surface area contributed by atoms with Crippen molar-refractivity contribution in [2.45, 2.75) is 111 Å². The molecule has 0 saturated carbocycles. The highest BCUT2D eigenvalue weighted by Crippen LogP contribution is 2.41. The Morgan fingerprint density at radius 1 is 0.431 bits per heavy atom. The minimum Gasteiger partial charge on any atom is -0.315 e. The second-order valence-electron chi connectivity index (χ2n) is 15.3. The van der Waals surface area contributed by atoms with Crippen molar-refractivity contribution in [3.05, 3.63) is 113 Å². The quantitative estimate of drug-likeness (QED) is 0.152. The van der Waals surface area contributed by atoms with Gasteiger partial charge in [-0.15, -0.1) is 68.0 Å². The maximum Gasteiger partial charge on any atom is 0.260 e. The molecule has 11 heteroatoms. The summed E-state index contributed by atoms with van der Waals surface area (Å²) in [5, 5.41) is 4.07. The molecule has 1 aromatic carbocycles. The number of thiophene rings is 5. The number of fused-ring (bicyclic) bond motifs is 4. The number of likely N-dealkylation sites (N-methyl/N-ethyl adjacent to an activating group) is 2. The molecule has 0 spiro atoms. The first-order valence-electron chi connectivity index (χ1n) is 19.3. The van der Waals surface area contributed by atoms with Gasteiger partial charge in [0.15, 0.2) is 0 Å². The van der Waals surface area contributed by atoms with Crippen LogP contribution in [-0.2, 0) is 9.59 Å². The first-order chi connectivity index (χ1) is 27.0. The Morgan fingerprint density at radius 3 is 1.10 bits per heavy atom. The lowest BCUT2D eigenvalue weighted by Crippen LogP contribution is -2.24. The summed E-state index contributed by atoms with van der Waals surface area (Å²) in [6.45, 7) is 34.0. The molecule has 308 valence electrons. The van der Waals surface area contributed by atoms with Gasteiger partial charge in [-0.1, -0.05) is 0 Å². The van der Waals surface area contributed by atoms with Gasteiger partial charge in [0, 0.05) is 78.4 Å². The molecular formula is C47H57N3O2S6. The number of benzene rings is 1. The van der Waals surface area contributed by atoms with Gasteiger partial charge < -0.3 is 9.80 Å². The van der Waals surface area contributed by atoms with Gasteiger partial charge in [0.25, 0.3) is 11.8 Å². The van der Waals surface area contributed by atoms with Crippen molar-refractivity contribution < 1.29 is 9.59 Å². The number of hydrogen-bond acceptors (Lipinski definition) is 9. The molecule has 7 aromatic rings. The second kappa shape index (κ2) is 18.0. The molecule has 0 atom stereocenters. The number of amides is 2. The molecule has 0 unspecified atom stereocenters. The number of allylic oxidation sites excluding steroid dienone is 2. The van der Waals surface area contributed by atoms with Crippen LogP contribution in [0.15, 0.2) is 40.7 Å². The minimum atomic E-state index is -0.0762. The summed E-state index contributed by atoms with van der Waals surface area (Å²) in [6.07, 6.45) is 0. The van der Waals surface area contributed by atoms with E-state index in [4.69, 9.17) is 0 Å². The lowest BCUT2D eigenvalue weighted by atomic mass is 10.0. The van der Waals surface area contributed by atoms with Gasteiger partial charge >= 0.3 is 0 Å². The Kier molecular flexibility index (Phi) is 14.2. The summed E-state index contributed by atoms with van der Waals surface area (Å²) < 4.78 is 5.96. The fourth-order valence-electron chi connectivity index (χ4n) is 7.00. The number of rotatable bonds is 0. The van der Waals surface area contributed by atoms with Crippen LogP contribution in [0.1, 0.15) is 86.5 Å². The topological polar surface area (TPSA) is 53.5 Å². The average molecular weight is 888 g/mol. The zero-order valence-corrected chi connectivity index (χ0v) is 42.2. The lowest BCUT2D eigenvalue weighted by Gasteiger charge is -2.15. The summed E-state index contributed by atoms with van der Waals surface area (Å²) in [7, 11) is 3.38. The Hall–Kier alpha value is -3.45. The van der Waals surface area contributed by atoms with Gasteiger partial charge in [-0.05, 0) is 168 Å². The largest absolute Gasteiger partial charge is 0.315 e. The highest BCUT2D eigenvalue weighted by atomic mass is 32.1. The van der Waals surface area contributed by atoms with Crippen LogP contribution in [-0.4, -0.2) is 40.7 Å². The van der Waals surface area contributed by atoms with E-state index in [0.717, 1.165) is 11.4 Å². The molecule has 6 aromatic heterocycles. The van der Waals surface area contributed by atoms with E-state index in [0.29, 0.717) is 11.1 Å². The van der Waals surface area contributed by atoms with Gasteiger partial charge in [-0.25, -0.2) is 4.98 Å². The maximum atomic E-state index is 11.7. The first kappa shape index (κ1) is 45.6. The van der Waals surface area contributed by atoms with E-state index >= 15 is 0 Å². The molecule has 8 heterocycles. The van der Waals surface area contributed by atoms with Crippen molar-refractivity contribution in [2.24, 2.45) is 0 Å². The van der Waals surface area contributed by atoms with E-state index in [1.165, 1.54) is 112 Å². The predicted octanol–water partition coefficient (Wildman–Crippen LogP) is 14.8. The SMILES string of the molecule is CC1=C2C(=O)N(C)C(C)=C2C(=O)N1C.Cc1cc(C)c(C)s1.Cc1cc2c(C)c3sc(C)cc3c(C)c2s1.Cc1nc(C)c(C)s1.Cc1sc2c(C)c(C)sc2c1C. The third-order valence-electron chi connectivity index (χ3n) is 11.1. The van der Waals surface area contributed by atoms with Crippen LogP contribution in [0.2, 0.25) is 0 Å². The van der Waals surface area contributed by atoms with Crippen molar-refractivity contribution in [3.8, 4) is 0 Å². The van der Waals surface area contributed by atoms with Crippen LogP contribution >= 0.6 is 68.0 Å². The molecule has 0 fully saturated rings. The van der Waals surface area contributed by atoms with Crippen molar-refractivity contribution in [1.82, 2.24) is 14.8 Å². The van der Waals surface area contributed by atoms with Gasteiger partial charge in [-0.3, -0.25) is 9.59 Å². The smallest absolute Gasteiger partial charge is 0.260 e. The zero-order valence-electron chi connectivity index (χ0n) is 37.3. The number of carbonyl (C=O) groups is 2. The second-order valence-corrected chi connectivity index (χ2v) is 23.1. The van der Waals surface area contributed by atoms with E-state index in [2.05, 4.69) is 106 Å². The highest BCUT2D eigenvalue weighted by molar-refractivity contribution is 7.28. The predicted molar refractivity (Wildman–Crippen MR) is 261 cm³/mol. The summed E-state index contributed by atoms with van der Waals surface area (Å²) in [5.74, 6) is -0.152. The van der Waals surface area contributed by atoms with Gasteiger partial charge in [0.2, 0.25) is 0 Å². The van der Waals surface area contributed by atoms with Crippen molar-refractivity contribution in [1.29, 1.82) is 0 Å². The van der Waals surface area contributed by atoms with Crippen LogP contribution in [0.4, 0.5) is 0 Å². The number of carbonyl (C=O) groups excluding carboxylic acids is 2. The van der Waals surface area contributed by atoms with Gasteiger partial charge in [-0.2, -0.15) is 0 Å². The zero-order chi connectivity index (χ0) is 43.2. The number of thiazole rings is 1. The standard InChI is InChI=1S/C14H14S2.C10H12N2O2.C10H12S2.C7H10S.C6H9NS/c1-7-5-11-9(3)14-12(6-8(2)16-14)10(4)13(11)15-7;1-5-7-8(10(14)11(5)3)6(2)12(4)9(7)13;1-5-7(3)11-10-6(2)8(4)12-9(5)10;1-5-4-6(2)8-7(5)3;1-4-5(2)8-6(3)7-4/h5-6H,1-4H3;1-4H3;1-4H3;4H,1-3H3;1-3H3. The van der Waals surface area contributed by atoms with E-state index < -0.39 is 0 Å². The van der Waals surface area contributed by atoms with E-state index in [9.17, 15) is 9.59 Å². The Labute approximate surface area is 369 Å². The molecule has 5 nitrogen and oxygen atoms in total. The normalized spacial score (nSPS) is 13.6. The minimum absolute atomic E-state index is 0.0762. The Balaban J connectivity index is 0.000000142. The fourth-order valence-corrected chi connectivity index (χ4v) is 13.5. The van der Waals surface area contributed by atoms with Crippen LogP contribution in [0, 0.1) is 96.9 Å². The maximum absolute atomic E-state index is 11.7. The number of hydrogen-bond donors (Lipinski definition) is 0. The fraction of sp³-hybridized carbons (Fsp3) is 0.383. The molecule has 9 rings (SSSR count). The Morgan fingerprint density at radius 2 is 0.828 bits per heavy atom. The van der Waals surface area contributed by atoms with Crippen LogP contribution in [0.5, 0.6) is 0 Å².